The van der Waals surface area contributed by atoms with Gasteiger partial charge in [0, 0.05) is 42.8 Å². The van der Waals surface area contributed by atoms with Crippen LogP contribution in [0.2, 0.25) is 0 Å². The van der Waals surface area contributed by atoms with Crippen molar-refractivity contribution in [2.45, 2.75) is 31.8 Å². The summed E-state index contributed by atoms with van der Waals surface area (Å²) in [6.45, 7) is 2.48. The Hall–Kier alpha value is -2.65. The van der Waals surface area contributed by atoms with Gasteiger partial charge >= 0.3 is 0 Å². The molecule has 140 valence electrons. The largest absolute Gasteiger partial charge is 0.351 e. The van der Waals surface area contributed by atoms with Crippen molar-refractivity contribution in [2.75, 3.05) is 13.1 Å². The molecular formula is C18H21N7OS. The van der Waals surface area contributed by atoms with Gasteiger partial charge in [-0.3, -0.25) is 14.7 Å². The lowest BCUT2D eigenvalue weighted by Gasteiger charge is -2.23. The first-order chi connectivity index (χ1) is 13.3. The average molecular weight is 383 g/mol. The van der Waals surface area contributed by atoms with Gasteiger partial charge in [-0.25, -0.2) is 0 Å². The zero-order valence-corrected chi connectivity index (χ0v) is 15.7. The summed E-state index contributed by atoms with van der Waals surface area (Å²) in [5, 5.41) is 16.6. The zero-order valence-electron chi connectivity index (χ0n) is 14.8. The third-order valence-corrected chi connectivity index (χ3v) is 5.89. The normalized spacial score (nSPS) is 17.3. The molecule has 3 aromatic heterocycles. The molecule has 0 aliphatic carbocycles. The SMILES string of the molecule is O=C(NCCc1nn[nH]n1)c1ccc([C@@H]2CCCN2Cc2ccncc2)s1. The van der Waals surface area contributed by atoms with E-state index in [0.29, 0.717) is 24.8 Å². The molecular weight excluding hydrogens is 362 g/mol. The molecule has 4 rings (SSSR count). The number of nitrogens with zero attached hydrogens (tertiary/aromatic N) is 5. The highest BCUT2D eigenvalue weighted by molar-refractivity contribution is 7.14. The van der Waals surface area contributed by atoms with Crippen molar-refractivity contribution in [1.29, 1.82) is 0 Å². The van der Waals surface area contributed by atoms with Crippen LogP contribution in [0.1, 0.15) is 44.8 Å². The molecule has 0 aromatic carbocycles. The van der Waals surface area contributed by atoms with Gasteiger partial charge in [-0.05, 0) is 49.2 Å². The van der Waals surface area contributed by atoms with Gasteiger partial charge < -0.3 is 5.32 Å². The van der Waals surface area contributed by atoms with Crippen molar-refractivity contribution in [3.05, 3.63) is 57.8 Å². The monoisotopic (exact) mass is 383 g/mol. The number of aromatic amines is 1. The van der Waals surface area contributed by atoms with Crippen LogP contribution in [-0.2, 0) is 13.0 Å². The summed E-state index contributed by atoms with van der Waals surface area (Å²) in [5.74, 6) is 0.549. The second-order valence-corrected chi connectivity index (χ2v) is 7.64. The van der Waals surface area contributed by atoms with E-state index < -0.39 is 0 Å². The van der Waals surface area contributed by atoms with Crippen molar-refractivity contribution >= 4 is 17.2 Å². The Morgan fingerprint density at radius 3 is 3.00 bits per heavy atom. The number of thiophene rings is 1. The van der Waals surface area contributed by atoms with Gasteiger partial charge in [0.05, 0.1) is 4.88 Å². The predicted octanol–water partition coefficient (Wildman–Crippen LogP) is 1.97. The third-order valence-electron chi connectivity index (χ3n) is 4.70. The van der Waals surface area contributed by atoms with E-state index in [1.54, 1.807) is 11.3 Å². The molecule has 8 nitrogen and oxygen atoms in total. The first kappa shape index (κ1) is 17.7. The van der Waals surface area contributed by atoms with E-state index >= 15 is 0 Å². The number of hydrogen-bond acceptors (Lipinski definition) is 7. The van der Waals surface area contributed by atoms with Gasteiger partial charge in [0.1, 0.15) is 0 Å². The van der Waals surface area contributed by atoms with Crippen LogP contribution in [0.4, 0.5) is 0 Å². The van der Waals surface area contributed by atoms with Crippen LogP contribution in [0, 0.1) is 0 Å². The van der Waals surface area contributed by atoms with E-state index in [4.69, 9.17) is 0 Å². The van der Waals surface area contributed by atoms with Crippen molar-refractivity contribution in [3.63, 3.8) is 0 Å². The number of carbonyl (C=O) groups excluding carboxylic acids is 1. The smallest absolute Gasteiger partial charge is 0.261 e. The first-order valence-corrected chi connectivity index (χ1v) is 9.84. The van der Waals surface area contributed by atoms with Gasteiger partial charge in [0.2, 0.25) is 0 Å². The average Bonchev–Trinajstić information content (AvgIpc) is 3.44. The quantitative estimate of drug-likeness (QED) is 0.647. The molecule has 0 saturated carbocycles. The molecule has 1 amide bonds. The number of aromatic nitrogens is 5. The predicted molar refractivity (Wildman–Crippen MR) is 101 cm³/mol. The summed E-state index contributed by atoms with van der Waals surface area (Å²) in [6.07, 6.45) is 6.54. The molecule has 2 N–H and O–H groups in total. The van der Waals surface area contributed by atoms with E-state index in [1.807, 2.05) is 18.5 Å². The number of nitrogens with one attached hydrogen (secondary N) is 2. The first-order valence-electron chi connectivity index (χ1n) is 9.03. The molecule has 1 saturated heterocycles. The van der Waals surface area contributed by atoms with Gasteiger partial charge in [-0.15, -0.1) is 21.5 Å². The van der Waals surface area contributed by atoms with Crippen LogP contribution >= 0.6 is 11.3 Å². The Morgan fingerprint density at radius 2 is 2.19 bits per heavy atom. The van der Waals surface area contributed by atoms with Crippen molar-refractivity contribution in [3.8, 4) is 0 Å². The minimum absolute atomic E-state index is 0.0478. The number of pyridine rings is 1. The van der Waals surface area contributed by atoms with Crippen LogP contribution in [0.15, 0.2) is 36.7 Å². The number of tetrazole rings is 1. The Morgan fingerprint density at radius 1 is 1.30 bits per heavy atom. The lowest BCUT2D eigenvalue weighted by Crippen LogP contribution is -2.25. The summed E-state index contributed by atoms with van der Waals surface area (Å²) in [7, 11) is 0. The van der Waals surface area contributed by atoms with Crippen LogP contribution in [-0.4, -0.2) is 49.5 Å². The van der Waals surface area contributed by atoms with E-state index in [2.05, 4.69) is 54.0 Å². The Bertz CT molecular complexity index is 865. The molecule has 1 aliphatic rings. The standard InChI is InChI=1S/C18H21N7OS/c26-18(20-10-7-17-21-23-24-22-17)16-4-3-15(27-16)14-2-1-11-25(14)12-13-5-8-19-9-6-13/h3-6,8-9,14H,1-2,7,10-12H2,(H,20,26)(H,21,22,23,24)/t14-/m0/s1. The zero-order chi connectivity index (χ0) is 18.5. The highest BCUT2D eigenvalue weighted by Crippen LogP contribution is 2.36. The van der Waals surface area contributed by atoms with E-state index in [0.717, 1.165) is 24.4 Å². The number of H-pyrrole nitrogens is 1. The van der Waals surface area contributed by atoms with Gasteiger partial charge in [0.15, 0.2) is 5.82 Å². The van der Waals surface area contributed by atoms with Crippen molar-refractivity contribution in [1.82, 2.24) is 35.8 Å². The molecule has 27 heavy (non-hydrogen) atoms. The molecule has 0 unspecified atom stereocenters. The number of amides is 1. The van der Waals surface area contributed by atoms with E-state index in [-0.39, 0.29) is 5.91 Å². The minimum Gasteiger partial charge on any atom is -0.351 e. The third kappa shape index (κ3) is 4.37. The van der Waals surface area contributed by atoms with Gasteiger partial charge in [-0.2, -0.15) is 5.21 Å². The van der Waals surface area contributed by atoms with Gasteiger partial charge in [-0.1, -0.05) is 5.21 Å². The minimum atomic E-state index is -0.0478. The summed E-state index contributed by atoms with van der Waals surface area (Å²) in [5.41, 5.74) is 1.27. The number of rotatable bonds is 7. The van der Waals surface area contributed by atoms with Crippen LogP contribution in [0.3, 0.4) is 0 Å². The molecule has 0 radical (unpaired) electrons. The van der Waals surface area contributed by atoms with Crippen molar-refractivity contribution < 1.29 is 4.79 Å². The maximum Gasteiger partial charge on any atom is 0.261 e. The highest BCUT2D eigenvalue weighted by atomic mass is 32.1. The maximum absolute atomic E-state index is 12.4. The lowest BCUT2D eigenvalue weighted by molar-refractivity contribution is 0.0958. The van der Waals surface area contributed by atoms with Crippen LogP contribution < -0.4 is 5.32 Å². The molecule has 4 heterocycles. The second kappa shape index (κ2) is 8.36. The summed E-state index contributed by atoms with van der Waals surface area (Å²) in [6, 6.07) is 8.52. The molecule has 1 aliphatic heterocycles. The van der Waals surface area contributed by atoms with E-state index in [9.17, 15) is 4.79 Å². The Labute approximate surface area is 161 Å². The Balaban J connectivity index is 1.35. The van der Waals surface area contributed by atoms with Gasteiger partial charge in [0.25, 0.3) is 5.91 Å². The summed E-state index contributed by atoms with van der Waals surface area (Å²) in [4.78, 5) is 21.0. The molecule has 0 spiro atoms. The molecule has 0 bridgehead atoms. The number of hydrogen-bond donors (Lipinski definition) is 2. The van der Waals surface area contributed by atoms with E-state index in [1.165, 1.54) is 16.9 Å². The Kier molecular flexibility index (Phi) is 5.50. The molecule has 9 heteroatoms. The number of likely N-dealkylation sites (tertiary alicyclic amines) is 1. The fourth-order valence-corrected chi connectivity index (χ4v) is 4.47. The lowest BCUT2D eigenvalue weighted by atomic mass is 10.1. The molecule has 1 fully saturated rings. The second-order valence-electron chi connectivity index (χ2n) is 6.52. The highest BCUT2D eigenvalue weighted by Gasteiger charge is 2.27. The van der Waals surface area contributed by atoms with Crippen LogP contribution in [0.25, 0.3) is 0 Å². The maximum atomic E-state index is 12.4. The van der Waals surface area contributed by atoms with Crippen molar-refractivity contribution in [2.24, 2.45) is 0 Å². The fourth-order valence-electron chi connectivity index (χ4n) is 3.38. The molecule has 1 atom stereocenters. The number of carbonyl (C=O) groups is 1. The van der Waals surface area contributed by atoms with Crippen LogP contribution in [0.5, 0.6) is 0 Å². The topological polar surface area (TPSA) is 99.7 Å². The summed E-state index contributed by atoms with van der Waals surface area (Å²) >= 11 is 1.58. The summed E-state index contributed by atoms with van der Waals surface area (Å²) < 4.78 is 0. The fraction of sp³-hybridized carbons (Fsp3) is 0.389. The molecule has 3 aromatic rings.